The number of rotatable bonds is 3. The third kappa shape index (κ3) is 3.08. The van der Waals surface area contributed by atoms with Crippen LogP contribution in [0.15, 0.2) is 51.4 Å². The Kier molecular flexibility index (Phi) is 4.46. The molecule has 1 nitrogen and oxygen atoms in total. The lowest BCUT2D eigenvalue weighted by molar-refractivity contribution is 0.905. The van der Waals surface area contributed by atoms with Gasteiger partial charge in [-0.05, 0) is 35.9 Å². The molecule has 0 aliphatic heterocycles. The van der Waals surface area contributed by atoms with Gasteiger partial charge in [0.2, 0.25) is 0 Å². The number of thiazole rings is 1. The number of hydrogen-bond acceptors (Lipinski definition) is 2. The van der Waals surface area contributed by atoms with Crippen LogP contribution in [0.3, 0.4) is 0 Å². The quantitative estimate of drug-likeness (QED) is 0.441. The number of alkyl halides is 1. The van der Waals surface area contributed by atoms with Gasteiger partial charge >= 0.3 is 0 Å². The number of hydrogen-bond donors (Lipinski definition) is 0. The SMILES string of the molecule is ClC(Cc1nc2ccccc2s1)c1cc(Br)ccc1Br. The summed E-state index contributed by atoms with van der Waals surface area (Å²) in [5.74, 6) is 0. The van der Waals surface area contributed by atoms with Crippen molar-refractivity contribution < 1.29 is 0 Å². The molecule has 2 aromatic carbocycles. The third-order valence-corrected chi connectivity index (χ3v) is 5.65. The molecule has 3 aromatic rings. The van der Waals surface area contributed by atoms with Crippen LogP contribution in [-0.2, 0) is 6.42 Å². The van der Waals surface area contributed by atoms with Gasteiger partial charge in [-0.1, -0.05) is 44.0 Å². The zero-order chi connectivity index (χ0) is 14.1. The van der Waals surface area contributed by atoms with E-state index in [0.29, 0.717) is 0 Å². The molecule has 3 rings (SSSR count). The first kappa shape index (κ1) is 14.5. The second kappa shape index (κ2) is 6.14. The van der Waals surface area contributed by atoms with Crippen LogP contribution in [0.5, 0.6) is 0 Å². The summed E-state index contributed by atoms with van der Waals surface area (Å²) in [5.41, 5.74) is 2.13. The van der Waals surface area contributed by atoms with Crippen LogP contribution in [0.2, 0.25) is 0 Å². The normalized spacial score (nSPS) is 12.8. The van der Waals surface area contributed by atoms with E-state index in [1.165, 1.54) is 4.70 Å². The van der Waals surface area contributed by atoms with Crippen molar-refractivity contribution in [1.82, 2.24) is 4.98 Å². The van der Waals surface area contributed by atoms with Crippen molar-refractivity contribution in [3.8, 4) is 0 Å². The summed E-state index contributed by atoms with van der Waals surface area (Å²) in [4.78, 5) is 4.64. The summed E-state index contributed by atoms with van der Waals surface area (Å²) < 4.78 is 3.27. The summed E-state index contributed by atoms with van der Waals surface area (Å²) in [7, 11) is 0. The Bertz CT molecular complexity index is 723. The average Bonchev–Trinajstić information content (AvgIpc) is 2.83. The fraction of sp³-hybridized carbons (Fsp3) is 0.133. The Morgan fingerprint density at radius 3 is 2.75 bits per heavy atom. The summed E-state index contributed by atoms with van der Waals surface area (Å²) >= 11 is 15.3. The van der Waals surface area contributed by atoms with Gasteiger partial charge in [0.1, 0.15) is 0 Å². The Morgan fingerprint density at radius 1 is 1.15 bits per heavy atom. The van der Waals surface area contributed by atoms with Gasteiger partial charge in [0, 0.05) is 15.4 Å². The lowest BCUT2D eigenvalue weighted by Crippen LogP contribution is -1.96. The minimum Gasteiger partial charge on any atom is -0.241 e. The van der Waals surface area contributed by atoms with Crippen LogP contribution in [-0.4, -0.2) is 4.98 Å². The van der Waals surface area contributed by atoms with Crippen molar-refractivity contribution in [2.24, 2.45) is 0 Å². The van der Waals surface area contributed by atoms with Gasteiger partial charge in [-0.2, -0.15) is 0 Å². The highest BCUT2D eigenvalue weighted by Crippen LogP contribution is 2.34. The molecule has 0 radical (unpaired) electrons. The number of benzene rings is 2. The Morgan fingerprint density at radius 2 is 1.95 bits per heavy atom. The van der Waals surface area contributed by atoms with E-state index in [2.05, 4.69) is 49.0 Å². The molecule has 0 saturated heterocycles. The number of nitrogens with zero attached hydrogens (tertiary/aromatic N) is 1. The zero-order valence-electron chi connectivity index (χ0n) is 10.3. The molecule has 102 valence electrons. The predicted molar refractivity (Wildman–Crippen MR) is 93.8 cm³/mol. The highest BCUT2D eigenvalue weighted by atomic mass is 79.9. The van der Waals surface area contributed by atoms with E-state index >= 15 is 0 Å². The van der Waals surface area contributed by atoms with Crippen molar-refractivity contribution in [3.05, 3.63) is 62.0 Å². The molecule has 0 bridgehead atoms. The van der Waals surface area contributed by atoms with Crippen molar-refractivity contribution in [1.29, 1.82) is 0 Å². The monoisotopic (exact) mass is 429 g/mol. The second-order valence-electron chi connectivity index (χ2n) is 4.41. The molecule has 0 aliphatic rings. The van der Waals surface area contributed by atoms with E-state index in [4.69, 9.17) is 11.6 Å². The third-order valence-electron chi connectivity index (χ3n) is 2.99. The minimum absolute atomic E-state index is 0.0950. The molecule has 20 heavy (non-hydrogen) atoms. The highest BCUT2D eigenvalue weighted by molar-refractivity contribution is 9.11. The van der Waals surface area contributed by atoms with Crippen molar-refractivity contribution in [3.63, 3.8) is 0 Å². The Labute approximate surface area is 143 Å². The predicted octanol–water partition coefficient (Wildman–Crippen LogP) is 6.34. The van der Waals surface area contributed by atoms with E-state index in [9.17, 15) is 0 Å². The van der Waals surface area contributed by atoms with Gasteiger partial charge in [0.25, 0.3) is 0 Å². The van der Waals surface area contributed by atoms with Crippen molar-refractivity contribution in [2.45, 2.75) is 11.8 Å². The zero-order valence-corrected chi connectivity index (χ0v) is 15.1. The molecule has 0 aliphatic carbocycles. The van der Waals surface area contributed by atoms with Crippen LogP contribution >= 0.6 is 54.8 Å². The lowest BCUT2D eigenvalue weighted by Gasteiger charge is -2.10. The summed E-state index contributed by atoms with van der Waals surface area (Å²) in [5, 5.41) is 0.973. The standard InChI is InChI=1S/C15H10Br2ClNS/c16-9-5-6-11(17)10(7-9)12(18)8-15-19-13-3-1-2-4-14(13)20-15/h1-7,12H,8H2. The molecule has 0 amide bonds. The van der Waals surface area contributed by atoms with E-state index in [1.807, 2.05) is 30.3 Å². The molecule has 1 unspecified atom stereocenters. The van der Waals surface area contributed by atoms with Crippen LogP contribution < -0.4 is 0 Å². The fourth-order valence-corrected chi connectivity index (χ4v) is 4.49. The number of fused-ring (bicyclic) bond motifs is 1. The lowest BCUT2D eigenvalue weighted by atomic mass is 10.1. The smallest absolute Gasteiger partial charge is 0.0956 e. The van der Waals surface area contributed by atoms with Crippen LogP contribution in [0.1, 0.15) is 15.9 Å². The van der Waals surface area contributed by atoms with E-state index < -0.39 is 0 Å². The maximum absolute atomic E-state index is 6.56. The maximum Gasteiger partial charge on any atom is 0.0956 e. The second-order valence-corrected chi connectivity index (χ2v) is 7.82. The van der Waals surface area contributed by atoms with Gasteiger partial charge in [-0.25, -0.2) is 4.98 Å². The highest BCUT2D eigenvalue weighted by Gasteiger charge is 2.15. The van der Waals surface area contributed by atoms with Gasteiger partial charge in [-0.3, -0.25) is 0 Å². The van der Waals surface area contributed by atoms with Gasteiger partial charge in [-0.15, -0.1) is 22.9 Å². The van der Waals surface area contributed by atoms with E-state index in [-0.39, 0.29) is 5.38 Å². The maximum atomic E-state index is 6.56. The Hall–Kier alpha value is -0.420. The molecule has 1 heterocycles. The molecule has 0 spiro atoms. The summed E-state index contributed by atoms with van der Waals surface area (Å²) in [6.07, 6.45) is 0.732. The minimum atomic E-state index is -0.0950. The number of halogens is 3. The van der Waals surface area contributed by atoms with Crippen LogP contribution in [0.4, 0.5) is 0 Å². The summed E-state index contributed by atoms with van der Waals surface area (Å²) in [6.45, 7) is 0. The molecule has 1 aromatic heterocycles. The van der Waals surface area contributed by atoms with E-state index in [0.717, 1.165) is 31.5 Å². The van der Waals surface area contributed by atoms with Crippen LogP contribution in [0.25, 0.3) is 10.2 Å². The molecular weight excluding hydrogens is 422 g/mol. The number of para-hydroxylation sites is 1. The molecule has 0 saturated carbocycles. The van der Waals surface area contributed by atoms with Gasteiger partial charge < -0.3 is 0 Å². The molecule has 1 atom stereocenters. The molecule has 0 fully saturated rings. The first-order valence-corrected chi connectivity index (χ1v) is 8.91. The topological polar surface area (TPSA) is 12.9 Å². The Balaban J connectivity index is 1.88. The first-order valence-electron chi connectivity index (χ1n) is 6.07. The van der Waals surface area contributed by atoms with Crippen molar-refractivity contribution >= 4 is 65.0 Å². The number of aromatic nitrogens is 1. The molecule has 5 heteroatoms. The molecule has 0 N–H and O–H groups in total. The first-order chi connectivity index (χ1) is 9.63. The van der Waals surface area contributed by atoms with E-state index in [1.54, 1.807) is 11.3 Å². The molecular formula is C15H10Br2ClNS. The summed E-state index contributed by atoms with van der Waals surface area (Å²) in [6, 6.07) is 14.2. The fourth-order valence-electron chi connectivity index (χ4n) is 2.03. The average molecular weight is 432 g/mol. The van der Waals surface area contributed by atoms with Gasteiger partial charge in [0.15, 0.2) is 0 Å². The van der Waals surface area contributed by atoms with Gasteiger partial charge in [0.05, 0.1) is 20.6 Å². The van der Waals surface area contributed by atoms with Crippen molar-refractivity contribution in [2.75, 3.05) is 0 Å². The largest absolute Gasteiger partial charge is 0.241 e. The van der Waals surface area contributed by atoms with Crippen LogP contribution in [0, 0.1) is 0 Å².